The molecule has 2 atom stereocenters. The van der Waals surface area contributed by atoms with Crippen molar-refractivity contribution in [1.82, 2.24) is 9.88 Å². The smallest absolute Gasteiger partial charge is 0.261 e. The van der Waals surface area contributed by atoms with E-state index in [9.17, 15) is 4.79 Å². The first-order valence-corrected chi connectivity index (χ1v) is 9.72. The molecule has 27 heavy (non-hydrogen) atoms. The summed E-state index contributed by atoms with van der Waals surface area (Å²) in [6, 6.07) is 5.09. The summed E-state index contributed by atoms with van der Waals surface area (Å²) in [7, 11) is 3.10. The van der Waals surface area contributed by atoms with Crippen LogP contribution in [-0.4, -0.2) is 55.3 Å². The van der Waals surface area contributed by atoms with Gasteiger partial charge in [-0.3, -0.25) is 15.0 Å². The molecule has 3 rings (SSSR count). The van der Waals surface area contributed by atoms with Crippen LogP contribution in [0, 0.1) is 0 Å². The fourth-order valence-electron chi connectivity index (χ4n) is 3.23. The first kappa shape index (κ1) is 19.6. The number of nitrogens with one attached hydrogen (secondary N) is 1. The van der Waals surface area contributed by atoms with Crippen molar-refractivity contribution in [2.75, 3.05) is 32.6 Å². The fourth-order valence-corrected chi connectivity index (χ4v) is 3.93. The number of thiazole rings is 1. The van der Waals surface area contributed by atoms with E-state index in [4.69, 9.17) is 14.2 Å². The van der Waals surface area contributed by atoms with Gasteiger partial charge in [0.2, 0.25) is 0 Å². The summed E-state index contributed by atoms with van der Waals surface area (Å²) in [6.07, 6.45) is 0.434. The van der Waals surface area contributed by atoms with Gasteiger partial charge >= 0.3 is 0 Å². The van der Waals surface area contributed by atoms with E-state index < -0.39 is 0 Å². The lowest BCUT2D eigenvalue weighted by atomic mass is 10.2. The van der Waals surface area contributed by atoms with Crippen molar-refractivity contribution in [2.45, 2.75) is 32.6 Å². The van der Waals surface area contributed by atoms with Gasteiger partial charge < -0.3 is 14.2 Å². The summed E-state index contributed by atoms with van der Waals surface area (Å²) in [4.78, 5) is 19.5. The number of aromatic nitrogens is 1. The number of benzene rings is 1. The molecule has 0 spiro atoms. The molecule has 1 N–H and O–H groups in total. The third-order valence-electron chi connectivity index (χ3n) is 4.31. The van der Waals surface area contributed by atoms with Crippen LogP contribution >= 0.6 is 11.3 Å². The molecule has 0 bridgehead atoms. The molecule has 1 amide bonds. The summed E-state index contributed by atoms with van der Waals surface area (Å²) in [5, 5.41) is 5.40. The molecule has 1 fully saturated rings. The maximum atomic E-state index is 12.6. The Morgan fingerprint density at radius 1 is 1.30 bits per heavy atom. The van der Waals surface area contributed by atoms with Crippen LogP contribution in [0.15, 0.2) is 23.6 Å². The maximum absolute atomic E-state index is 12.6. The number of morpholine rings is 1. The second-order valence-electron chi connectivity index (χ2n) is 6.62. The van der Waals surface area contributed by atoms with Gasteiger partial charge in [-0.25, -0.2) is 4.98 Å². The van der Waals surface area contributed by atoms with Crippen LogP contribution in [0.5, 0.6) is 11.5 Å². The number of ether oxygens (including phenoxy) is 3. The molecule has 0 unspecified atom stereocenters. The summed E-state index contributed by atoms with van der Waals surface area (Å²) >= 11 is 1.42. The SMILES string of the molecule is COc1ccc(C(=O)Nc2nc(CN3C[C@H](C)O[C@@H](C)C3)cs2)c(OC)c1. The molecular weight excluding hydrogens is 366 g/mol. The van der Waals surface area contributed by atoms with Gasteiger partial charge in [-0.2, -0.15) is 0 Å². The van der Waals surface area contributed by atoms with Gasteiger partial charge in [-0.1, -0.05) is 0 Å². The van der Waals surface area contributed by atoms with Crippen LogP contribution in [0.1, 0.15) is 29.9 Å². The van der Waals surface area contributed by atoms with E-state index in [0.717, 1.165) is 25.3 Å². The predicted molar refractivity (Wildman–Crippen MR) is 105 cm³/mol. The number of hydrogen-bond acceptors (Lipinski definition) is 7. The Morgan fingerprint density at radius 3 is 2.70 bits per heavy atom. The maximum Gasteiger partial charge on any atom is 0.261 e. The fraction of sp³-hybridized carbons (Fsp3) is 0.474. The molecule has 0 radical (unpaired) electrons. The minimum atomic E-state index is -0.260. The number of anilines is 1. The number of amides is 1. The molecule has 7 nitrogen and oxygen atoms in total. The Hall–Kier alpha value is -2.16. The summed E-state index contributed by atoms with van der Waals surface area (Å²) in [5.41, 5.74) is 1.38. The van der Waals surface area contributed by atoms with E-state index in [-0.39, 0.29) is 18.1 Å². The first-order chi connectivity index (χ1) is 13.0. The number of hydrogen-bond donors (Lipinski definition) is 1. The van der Waals surface area contributed by atoms with Crippen LogP contribution in [0.4, 0.5) is 5.13 Å². The number of nitrogens with zero attached hydrogens (tertiary/aromatic N) is 2. The monoisotopic (exact) mass is 391 g/mol. The Morgan fingerprint density at radius 2 is 2.04 bits per heavy atom. The van der Waals surface area contributed by atoms with E-state index in [1.807, 2.05) is 5.38 Å². The van der Waals surface area contributed by atoms with Crippen molar-refractivity contribution in [3.8, 4) is 11.5 Å². The van der Waals surface area contributed by atoms with Crippen molar-refractivity contribution in [1.29, 1.82) is 0 Å². The highest BCUT2D eigenvalue weighted by molar-refractivity contribution is 7.14. The number of carbonyl (C=O) groups is 1. The highest BCUT2D eigenvalue weighted by atomic mass is 32.1. The van der Waals surface area contributed by atoms with Gasteiger partial charge in [0.05, 0.1) is 37.7 Å². The zero-order chi connectivity index (χ0) is 19.4. The molecule has 1 saturated heterocycles. The highest BCUT2D eigenvalue weighted by Crippen LogP contribution is 2.26. The van der Waals surface area contributed by atoms with Crippen molar-refractivity contribution in [3.63, 3.8) is 0 Å². The van der Waals surface area contributed by atoms with E-state index in [1.165, 1.54) is 18.4 Å². The van der Waals surface area contributed by atoms with Crippen LogP contribution in [-0.2, 0) is 11.3 Å². The molecule has 0 aliphatic carbocycles. The molecule has 8 heteroatoms. The minimum Gasteiger partial charge on any atom is -0.497 e. The van der Waals surface area contributed by atoms with Gasteiger partial charge in [0, 0.05) is 31.1 Å². The van der Waals surface area contributed by atoms with Gasteiger partial charge in [0.25, 0.3) is 5.91 Å². The molecule has 1 aromatic carbocycles. The van der Waals surface area contributed by atoms with E-state index in [1.54, 1.807) is 25.3 Å². The third-order valence-corrected chi connectivity index (χ3v) is 5.11. The van der Waals surface area contributed by atoms with Crippen LogP contribution in [0.25, 0.3) is 0 Å². The lowest BCUT2D eigenvalue weighted by Gasteiger charge is -2.34. The Balaban J connectivity index is 1.64. The number of rotatable bonds is 6. The predicted octanol–water partition coefficient (Wildman–Crippen LogP) is 3.02. The molecule has 1 aliphatic rings. The topological polar surface area (TPSA) is 72.9 Å². The van der Waals surface area contributed by atoms with E-state index in [0.29, 0.717) is 22.2 Å². The lowest BCUT2D eigenvalue weighted by Crippen LogP contribution is -2.44. The average Bonchev–Trinajstić information content (AvgIpc) is 3.06. The molecule has 2 heterocycles. The summed E-state index contributed by atoms with van der Waals surface area (Å²) in [6.45, 7) is 6.67. The molecule has 0 saturated carbocycles. The van der Waals surface area contributed by atoms with Crippen molar-refractivity contribution in [2.24, 2.45) is 0 Å². The summed E-state index contributed by atoms with van der Waals surface area (Å²) in [5.74, 6) is 0.831. The zero-order valence-electron chi connectivity index (χ0n) is 16.0. The van der Waals surface area contributed by atoms with Crippen molar-refractivity contribution in [3.05, 3.63) is 34.8 Å². The molecule has 146 valence electrons. The molecule has 1 aromatic heterocycles. The highest BCUT2D eigenvalue weighted by Gasteiger charge is 2.23. The first-order valence-electron chi connectivity index (χ1n) is 8.84. The Kier molecular flexibility index (Phi) is 6.30. The number of carbonyl (C=O) groups excluding carboxylic acids is 1. The van der Waals surface area contributed by atoms with Crippen LogP contribution in [0.2, 0.25) is 0 Å². The Bertz CT molecular complexity index is 785. The normalized spacial score (nSPS) is 20.3. The number of methoxy groups -OCH3 is 2. The Labute approximate surface area is 163 Å². The van der Waals surface area contributed by atoms with Crippen molar-refractivity contribution < 1.29 is 19.0 Å². The van der Waals surface area contributed by atoms with E-state index in [2.05, 4.69) is 29.0 Å². The van der Waals surface area contributed by atoms with Gasteiger partial charge in [-0.15, -0.1) is 11.3 Å². The van der Waals surface area contributed by atoms with Crippen LogP contribution < -0.4 is 14.8 Å². The van der Waals surface area contributed by atoms with Crippen molar-refractivity contribution >= 4 is 22.4 Å². The third kappa shape index (κ3) is 4.97. The lowest BCUT2D eigenvalue weighted by molar-refractivity contribution is -0.0707. The molecule has 2 aromatic rings. The second-order valence-corrected chi connectivity index (χ2v) is 7.47. The van der Waals surface area contributed by atoms with Gasteiger partial charge in [-0.05, 0) is 26.0 Å². The van der Waals surface area contributed by atoms with E-state index >= 15 is 0 Å². The quantitative estimate of drug-likeness (QED) is 0.816. The molecular formula is C19H25N3O4S. The molecule has 1 aliphatic heterocycles. The van der Waals surface area contributed by atoms with Crippen LogP contribution in [0.3, 0.4) is 0 Å². The second kappa shape index (κ2) is 8.69. The minimum absolute atomic E-state index is 0.217. The standard InChI is InChI=1S/C19H25N3O4S/c1-12-8-22(9-13(2)26-12)10-14-11-27-19(20-14)21-18(23)16-6-5-15(24-3)7-17(16)25-4/h5-7,11-13H,8-10H2,1-4H3,(H,20,21,23)/t12-,13-/m0/s1. The summed E-state index contributed by atoms with van der Waals surface area (Å²) < 4.78 is 16.2. The van der Waals surface area contributed by atoms with Gasteiger partial charge in [0.15, 0.2) is 5.13 Å². The largest absolute Gasteiger partial charge is 0.497 e. The average molecular weight is 391 g/mol. The van der Waals surface area contributed by atoms with Gasteiger partial charge in [0.1, 0.15) is 11.5 Å². The zero-order valence-corrected chi connectivity index (χ0v) is 16.8.